The number of carboxylic acid groups (broad SMARTS) is 1. The Hall–Kier alpha value is -3.24. The third-order valence-electron chi connectivity index (χ3n) is 6.27. The van der Waals surface area contributed by atoms with Crippen molar-refractivity contribution in [3.8, 4) is 5.69 Å². The summed E-state index contributed by atoms with van der Waals surface area (Å²) in [5.41, 5.74) is -4.70. The molecular formula is C19H17F6N5O5S. The molecule has 1 aliphatic carbocycles. The van der Waals surface area contributed by atoms with E-state index in [-0.39, 0.29) is 11.5 Å². The van der Waals surface area contributed by atoms with E-state index in [1.54, 1.807) is 0 Å². The number of hydrogen-bond acceptors (Lipinski definition) is 7. The molecule has 0 bridgehead atoms. The predicted octanol–water partition coefficient (Wildman–Crippen LogP) is 2.16. The Bertz CT molecular complexity index is 1330. The van der Waals surface area contributed by atoms with Gasteiger partial charge in [-0.15, -0.1) is 15.0 Å². The number of hydrogen-bond donors (Lipinski definition) is 1. The number of alkyl halides is 6. The lowest BCUT2D eigenvalue weighted by Gasteiger charge is -2.28. The van der Waals surface area contributed by atoms with Crippen molar-refractivity contribution in [3.63, 3.8) is 0 Å². The number of amides is 1. The van der Waals surface area contributed by atoms with Gasteiger partial charge in [0, 0.05) is 6.54 Å². The number of halogens is 6. The van der Waals surface area contributed by atoms with Gasteiger partial charge in [0.25, 0.3) is 0 Å². The molecule has 1 aliphatic heterocycles. The van der Waals surface area contributed by atoms with Crippen LogP contribution in [0.4, 0.5) is 26.3 Å². The van der Waals surface area contributed by atoms with Crippen LogP contribution in [0.25, 0.3) is 5.69 Å². The van der Waals surface area contributed by atoms with Gasteiger partial charge in [0.1, 0.15) is 11.5 Å². The smallest absolute Gasteiger partial charge is 0.417 e. The average Bonchev–Trinajstić information content (AvgIpc) is 3.28. The first-order valence-electron chi connectivity index (χ1n) is 10.3. The molecule has 4 rings (SSSR count). The molecule has 10 nitrogen and oxygen atoms in total. The molecule has 1 saturated heterocycles. The number of carboxylic acids is 1. The molecule has 17 heteroatoms. The second-order valence-electron chi connectivity index (χ2n) is 8.60. The summed E-state index contributed by atoms with van der Waals surface area (Å²) in [6.45, 7) is 0.419. The summed E-state index contributed by atoms with van der Waals surface area (Å²) in [4.78, 5) is 24.2. The van der Waals surface area contributed by atoms with Gasteiger partial charge in [0.2, 0.25) is 5.91 Å². The third-order valence-corrected chi connectivity index (χ3v) is 8.46. The Morgan fingerprint density at radius 3 is 2.25 bits per heavy atom. The second-order valence-corrected chi connectivity index (χ2v) is 10.8. The first kappa shape index (κ1) is 25.8. The summed E-state index contributed by atoms with van der Waals surface area (Å²) in [6, 6.07) is 0.111. The fourth-order valence-corrected chi connectivity index (χ4v) is 6.07. The van der Waals surface area contributed by atoms with Crippen molar-refractivity contribution in [1.29, 1.82) is 0 Å². The van der Waals surface area contributed by atoms with Gasteiger partial charge in [-0.2, -0.15) is 26.3 Å². The number of benzene rings is 1. The highest BCUT2D eigenvalue weighted by Crippen LogP contribution is 2.59. The van der Waals surface area contributed by atoms with E-state index in [2.05, 4.69) is 15.4 Å². The number of tetrazole rings is 1. The van der Waals surface area contributed by atoms with Crippen molar-refractivity contribution < 1.29 is 49.5 Å². The minimum atomic E-state index is -5.19. The number of aromatic nitrogens is 4. The van der Waals surface area contributed by atoms with Gasteiger partial charge in [0.15, 0.2) is 15.7 Å². The maximum absolute atomic E-state index is 13.9. The highest BCUT2D eigenvalue weighted by atomic mass is 32.2. The molecule has 1 aromatic heterocycles. The molecule has 36 heavy (non-hydrogen) atoms. The second kappa shape index (κ2) is 8.14. The molecule has 1 amide bonds. The Morgan fingerprint density at radius 2 is 1.78 bits per heavy atom. The number of aryl methyl sites for hydroxylation is 1. The average molecular weight is 541 g/mol. The van der Waals surface area contributed by atoms with Crippen LogP contribution in [0.2, 0.25) is 0 Å². The maximum Gasteiger partial charge on any atom is 0.417 e. The molecule has 2 aliphatic rings. The Balaban J connectivity index is 1.73. The highest BCUT2D eigenvalue weighted by Gasteiger charge is 2.70. The number of carbonyl (C=O) groups excluding carboxylic acids is 1. The lowest BCUT2D eigenvalue weighted by atomic mass is 10.0. The van der Waals surface area contributed by atoms with E-state index in [0.717, 1.165) is 10.9 Å². The molecule has 2 atom stereocenters. The standard InChI is InChI=1S/C19H17F6N5O5S/c1-9-26-28-30(27-9)10-2-3-14(12(6-10)18(20,21)22)36(34,35)11-7-13(15(31)32)29(8-11)16(33)17(4-5-17)19(23,24)25/h2-3,6,11,13H,4-5,7-8H2,1H3,(H,31,32)/t11-,13+/m1/s1. The molecule has 1 saturated carbocycles. The molecule has 1 N–H and O–H groups in total. The highest BCUT2D eigenvalue weighted by molar-refractivity contribution is 7.92. The largest absolute Gasteiger partial charge is 0.480 e. The number of aliphatic carboxylic acids is 1. The van der Waals surface area contributed by atoms with Crippen molar-refractivity contribution in [2.24, 2.45) is 5.41 Å². The zero-order valence-corrected chi connectivity index (χ0v) is 19.0. The van der Waals surface area contributed by atoms with Crippen LogP contribution in [0.5, 0.6) is 0 Å². The number of carbonyl (C=O) groups is 2. The minimum Gasteiger partial charge on any atom is -0.480 e. The fraction of sp³-hybridized carbons (Fsp3) is 0.526. The maximum atomic E-state index is 13.9. The van der Waals surface area contributed by atoms with Gasteiger partial charge in [0.05, 0.1) is 21.4 Å². The van der Waals surface area contributed by atoms with Gasteiger partial charge < -0.3 is 10.0 Å². The molecule has 2 aromatic rings. The molecule has 0 radical (unpaired) electrons. The molecule has 0 spiro atoms. The van der Waals surface area contributed by atoms with Crippen molar-refractivity contribution >= 4 is 21.7 Å². The van der Waals surface area contributed by atoms with E-state index in [4.69, 9.17) is 0 Å². The molecule has 2 heterocycles. The molecule has 1 aromatic carbocycles. The SMILES string of the molecule is Cc1nnn(-c2ccc(S(=O)(=O)[C@@H]3C[C@@H](C(=O)O)N(C(=O)C4(C(F)(F)F)CC4)C3)c(C(F)(F)F)c2)n1. The Kier molecular flexibility index (Phi) is 5.84. The molecule has 0 unspecified atom stereocenters. The first-order chi connectivity index (χ1) is 16.5. The van der Waals surface area contributed by atoms with Crippen molar-refractivity contribution in [1.82, 2.24) is 25.1 Å². The van der Waals surface area contributed by atoms with Crippen LogP contribution >= 0.6 is 0 Å². The van der Waals surface area contributed by atoms with Crippen LogP contribution in [-0.4, -0.2) is 74.5 Å². The molecular weight excluding hydrogens is 524 g/mol. The summed E-state index contributed by atoms with van der Waals surface area (Å²) in [5, 5.41) is 18.4. The summed E-state index contributed by atoms with van der Waals surface area (Å²) < 4.78 is 108. The molecule has 196 valence electrons. The van der Waals surface area contributed by atoms with Crippen LogP contribution in [0, 0.1) is 12.3 Å². The van der Waals surface area contributed by atoms with Crippen LogP contribution in [0.3, 0.4) is 0 Å². The Labute approximate surface area is 198 Å². The van der Waals surface area contributed by atoms with Crippen molar-refractivity contribution in [2.75, 3.05) is 6.54 Å². The van der Waals surface area contributed by atoms with Gasteiger partial charge >= 0.3 is 18.3 Å². The summed E-state index contributed by atoms with van der Waals surface area (Å²) in [5.74, 6) is -3.24. The predicted molar refractivity (Wildman–Crippen MR) is 105 cm³/mol. The van der Waals surface area contributed by atoms with Crippen LogP contribution in [0.15, 0.2) is 23.1 Å². The zero-order valence-electron chi connectivity index (χ0n) is 18.2. The first-order valence-corrected chi connectivity index (χ1v) is 11.9. The van der Waals surface area contributed by atoms with E-state index < -0.39 is 87.0 Å². The lowest BCUT2D eigenvalue weighted by Crippen LogP contribution is -2.48. The van der Waals surface area contributed by atoms with E-state index >= 15 is 0 Å². The zero-order chi connectivity index (χ0) is 26.8. The lowest BCUT2D eigenvalue weighted by molar-refractivity contribution is -0.199. The van der Waals surface area contributed by atoms with Gasteiger partial charge in [-0.05, 0) is 49.6 Å². The van der Waals surface area contributed by atoms with E-state index in [9.17, 15) is 49.5 Å². The Morgan fingerprint density at radius 1 is 1.14 bits per heavy atom. The quantitative estimate of drug-likeness (QED) is 0.569. The van der Waals surface area contributed by atoms with Gasteiger partial charge in [-0.25, -0.2) is 13.2 Å². The van der Waals surface area contributed by atoms with Crippen molar-refractivity contribution in [2.45, 2.75) is 54.7 Å². The monoisotopic (exact) mass is 541 g/mol. The van der Waals surface area contributed by atoms with Crippen LogP contribution in [0.1, 0.15) is 30.7 Å². The van der Waals surface area contributed by atoms with Gasteiger partial charge in [-0.3, -0.25) is 4.79 Å². The van der Waals surface area contributed by atoms with E-state index in [1.165, 1.54) is 6.92 Å². The van der Waals surface area contributed by atoms with Gasteiger partial charge in [-0.1, -0.05) is 0 Å². The summed E-state index contributed by atoms with van der Waals surface area (Å²) in [7, 11) is -4.96. The summed E-state index contributed by atoms with van der Waals surface area (Å²) >= 11 is 0. The fourth-order valence-electron chi connectivity index (χ4n) is 4.18. The number of rotatable bonds is 5. The summed E-state index contributed by atoms with van der Waals surface area (Å²) in [6.07, 6.45) is -12.2. The van der Waals surface area contributed by atoms with Crippen LogP contribution in [-0.2, 0) is 25.6 Å². The third kappa shape index (κ3) is 4.18. The molecule has 2 fully saturated rings. The number of sulfone groups is 1. The van der Waals surface area contributed by atoms with E-state index in [1.807, 2.05) is 0 Å². The van der Waals surface area contributed by atoms with Crippen LogP contribution < -0.4 is 0 Å². The number of nitrogens with zero attached hydrogens (tertiary/aromatic N) is 5. The number of likely N-dealkylation sites (tertiary alicyclic amines) is 1. The van der Waals surface area contributed by atoms with Crippen molar-refractivity contribution in [3.05, 3.63) is 29.6 Å². The minimum absolute atomic E-state index is 0.128. The normalized spacial score (nSPS) is 22.0. The topological polar surface area (TPSA) is 135 Å². The van der Waals surface area contributed by atoms with E-state index in [0.29, 0.717) is 17.0 Å².